The predicted octanol–water partition coefficient (Wildman–Crippen LogP) is 3.25. The quantitative estimate of drug-likeness (QED) is 0.673. The number of unbranched alkanes of at least 4 members (excludes halogenated alkanes) is 2. The van der Waals surface area contributed by atoms with Crippen LogP contribution in [0.2, 0.25) is 0 Å². The van der Waals surface area contributed by atoms with Crippen molar-refractivity contribution in [3.63, 3.8) is 0 Å². The third-order valence-corrected chi connectivity index (χ3v) is 3.67. The fraction of sp³-hybridized carbons (Fsp3) is 0.923. The molecule has 88 valence electrons. The van der Waals surface area contributed by atoms with E-state index in [1.807, 2.05) is 0 Å². The van der Waals surface area contributed by atoms with Gasteiger partial charge >= 0.3 is 0 Å². The molecule has 0 aromatic rings. The highest BCUT2D eigenvalue weighted by atomic mass is 16.1. The average molecular weight is 211 g/mol. The number of hydrogen-bond acceptors (Lipinski definition) is 1. The van der Waals surface area contributed by atoms with Crippen LogP contribution in [-0.2, 0) is 4.79 Å². The van der Waals surface area contributed by atoms with Crippen molar-refractivity contribution in [2.24, 2.45) is 17.6 Å². The van der Waals surface area contributed by atoms with Gasteiger partial charge in [0.2, 0.25) is 5.91 Å². The Kier molecular flexibility index (Phi) is 5.74. The maximum Gasteiger partial charge on any atom is 0.217 e. The molecule has 2 heteroatoms. The molecule has 1 rings (SSSR count). The van der Waals surface area contributed by atoms with Crippen molar-refractivity contribution in [2.75, 3.05) is 0 Å². The minimum atomic E-state index is -0.121. The molecule has 0 atom stereocenters. The lowest BCUT2D eigenvalue weighted by molar-refractivity contribution is -0.119. The Labute approximate surface area is 93.6 Å². The van der Waals surface area contributed by atoms with Gasteiger partial charge in [0.05, 0.1) is 0 Å². The minimum absolute atomic E-state index is 0.121. The van der Waals surface area contributed by atoms with E-state index in [1.54, 1.807) is 0 Å². The molecule has 0 saturated heterocycles. The molecule has 1 saturated carbocycles. The van der Waals surface area contributed by atoms with Crippen LogP contribution in [0.5, 0.6) is 0 Å². The summed E-state index contributed by atoms with van der Waals surface area (Å²) in [5, 5.41) is 0. The number of rotatable bonds is 6. The number of carbonyl (C=O) groups is 1. The summed E-state index contributed by atoms with van der Waals surface area (Å²) in [6, 6.07) is 0. The first-order valence-corrected chi connectivity index (χ1v) is 6.50. The van der Waals surface area contributed by atoms with Crippen molar-refractivity contribution < 1.29 is 4.79 Å². The van der Waals surface area contributed by atoms with E-state index in [9.17, 15) is 4.79 Å². The summed E-state index contributed by atoms with van der Waals surface area (Å²) in [7, 11) is 0. The maximum atomic E-state index is 10.8. The van der Waals surface area contributed by atoms with Crippen molar-refractivity contribution in [3.8, 4) is 0 Å². The zero-order valence-corrected chi connectivity index (χ0v) is 10.0. The molecule has 0 heterocycles. The highest BCUT2D eigenvalue weighted by molar-refractivity contribution is 5.73. The third-order valence-electron chi connectivity index (χ3n) is 3.67. The number of primary amides is 1. The molecule has 1 fully saturated rings. The lowest BCUT2D eigenvalue weighted by Crippen LogP contribution is -2.21. The molecule has 0 radical (unpaired) electrons. The number of hydrogen-bond donors (Lipinski definition) is 1. The van der Waals surface area contributed by atoms with Gasteiger partial charge in [0.25, 0.3) is 0 Å². The van der Waals surface area contributed by atoms with E-state index in [4.69, 9.17) is 5.73 Å². The van der Waals surface area contributed by atoms with E-state index in [0.717, 1.165) is 5.92 Å². The van der Waals surface area contributed by atoms with Crippen LogP contribution in [0.4, 0.5) is 0 Å². The van der Waals surface area contributed by atoms with Gasteiger partial charge in [-0.25, -0.2) is 0 Å². The molecule has 1 aliphatic rings. The van der Waals surface area contributed by atoms with Gasteiger partial charge in [0.1, 0.15) is 0 Å². The van der Waals surface area contributed by atoms with E-state index in [-0.39, 0.29) is 5.91 Å². The van der Waals surface area contributed by atoms with Crippen molar-refractivity contribution in [1.29, 1.82) is 0 Å². The first-order chi connectivity index (χ1) is 7.22. The maximum absolute atomic E-state index is 10.8. The van der Waals surface area contributed by atoms with Gasteiger partial charge in [0.15, 0.2) is 0 Å². The Morgan fingerprint density at radius 2 is 1.73 bits per heavy atom. The average Bonchev–Trinajstić information content (AvgIpc) is 2.20. The normalized spacial score (nSPS) is 26.5. The van der Waals surface area contributed by atoms with Crippen molar-refractivity contribution >= 4 is 5.91 Å². The van der Waals surface area contributed by atoms with Crippen LogP contribution in [0.1, 0.15) is 64.7 Å². The molecule has 2 nitrogen and oxygen atoms in total. The van der Waals surface area contributed by atoms with Gasteiger partial charge in [-0.05, 0) is 24.7 Å². The molecule has 0 aromatic carbocycles. The molecule has 0 aromatic heterocycles. The first-order valence-electron chi connectivity index (χ1n) is 6.50. The summed E-state index contributed by atoms with van der Waals surface area (Å²) in [5.74, 6) is 1.40. The summed E-state index contributed by atoms with van der Waals surface area (Å²) in [4.78, 5) is 10.8. The van der Waals surface area contributed by atoms with Crippen molar-refractivity contribution in [1.82, 2.24) is 0 Å². The van der Waals surface area contributed by atoms with Gasteiger partial charge in [-0.15, -0.1) is 0 Å². The van der Waals surface area contributed by atoms with Crippen LogP contribution < -0.4 is 5.73 Å². The standard InChI is InChI=1S/C13H25NO/c1-2-3-4-5-11-6-8-12(9-7-11)10-13(14)15/h11-12H,2-10H2,1H3,(H2,14,15)/t11-,12+. The lowest BCUT2D eigenvalue weighted by Gasteiger charge is -2.27. The highest BCUT2D eigenvalue weighted by Gasteiger charge is 2.21. The first kappa shape index (κ1) is 12.5. The van der Waals surface area contributed by atoms with Crippen LogP contribution in [-0.4, -0.2) is 5.91 Å². The van der Waals surface area contributed by atoms with Crippen LogP contribution in [0, 0.1) is 11.8 Å². The number of carbonyl (C=O) groups excluding carboxylic acids is 1. The summed E-state index contributed by atoms with van der Waals surface area (Å²) >= 11 is 0. The second-order valence-electron chi connectivity index (χ2n) is 5.05. The Balaban J connectivity index is 2.10. The van der Waals surface area contributed by atoms with Crippen molar-refractivity contribution in [3.05, 3.63) is 0 Å². The van der Waals surface area contributed by atoms with Gasteiger partial charge in [0, 0.05) is 6.42 Å². The molecule has 0 aliphatic heterocycles. The molecule has 0 spiro atoms. The Hall–Kier alpha value is -0.530. The van der Waals surface area contributed by atoms with E-state index >= 15 is 0 Å². The van der Waals surface area contributed by atoms with E-state index in [0.29, 0.717) is 12.3 Å². The predicted molar refractivity (Wildman–Crippen MR) is 63.4 cm³/mol. The molecule has 0 unspecified atom stereocenters. The molecule has 1 aliphatic carbocycles. The third kappa shape index (κ3) is 5.19. The number of amides is 1. The van der Waals surface area contributed by atoms with Gasteiger partial charge in [-0.1, -0.05) is 45.4 Å². The zero-order valence-electron chi connectivity index (χ0n) is 10.0. The molecular weight excluding hydrogens is 186 g/mol. The summed E-state index contributed by atoms with van der Waals surface area (Å²) in [6.45, 7) is 2.25. The fourth-order valence-electron chi connectivity index (χ4n) is 2.69. The SMILES string of the molecule is CCCCC[C@H]1CC[C@@H](CC(N)=O)CC1. The second-order valence-corrected chi connectivity index (χ2v) is 5.05. The highest BCUT2D eigenvalue weighted by Crippen LogP contribution is 2.33. The van der Waals surface area contributed by atoms with Crippen LogP contribution in [0.25, 0.3) is 0 Å². The second kappa shape index (κ2) is 6.86. The fourth-order valence-corrected chi connectivity index (χ4v) is 2.69. The van der Waals surface area contributed by atoms with Gasteiger partial charge in [-0.2, -0.15) is 0 Å². The van der Waals surface area contributed by atoms with E-state index in [1.165, 1.54) is 51.4 Å². The largest absolute Gasteiger partial charge is 0.370 e. The zero-order chi connectivity index (χ0) is 11.1. The van der Waals surface area contributed by atoms with Crippen LogP contribution in [0.15, 0.2) is 0 Å². The Bertz CT molecular complexity index is 183. The Morgan fingerprint density at radius 3 is 2.27 bits per heavy atom. The summed E-state index contributed by atoms with van der Waals surface area (Å²) in [6.07, 6.45) is 11.2. The van der Waals surface area contributed by atoms with Gasteiger partial charge in [-0.3, -0.25) is 4.79 Å². The minimum Gasteiger partial charge on any atom is -0.370 e. The van der Waals surface area contributed by atoms with E-state index < -0.39 is 0 Å². The van der Waals surface area contributed by atoms with Crippen molar-refractivity contribution in [2.45, 2.75) is 64.7 Å². The smallest absolute Gasteiger partial charge is 0.217 e. The number of nitrogens with two attached hydrogens (primary N) is 1. The lowest BCUT2D eigenvalue weighted by atomic mass is 9.78. The topological polar surface area (TPSA) is 43.1 Å². The monoisotopic (exact) mass is 211 g/mol. The van der Waals surface area contributed by atoms with E-state index in [2.05, 4.69) is 6.92 Å². The Morgan fingerprint density at radius 1 is 1.13 bits per heavy atom. The molecule has 15 heavy (non-hydrogen) atoms. The summed E-state index contributed by atoms with van der Waals surface area (Å²) in [5.41, 5.74) is 5.22. The summed E-state index contributed by atoms with van der Waals surface area (Å²) < 4.78 is 0. The molecular formula is C13H25NO. The van der Waals surface area contributed by atoms with Crippen LogP contribution >= 0.6 is 0 Å². The molecule has 2 N–H and O–H groups in total. The molecule has 1 amide bonds. The van der Waals surface area contributed by atoms with Gasteiger partial charge < -0.3 is 5.73 Å². The van der Waals surface area contributed by atoms with Crippen LogP contribution in [0.3, 0.4) is 0 Å². The molecule has 0 bridgehead atoms.